The van der Waals surface area contributed by atoms with E-state index in [0.717, 1.165) is 12.8 Å². The Morgan fingerprint density at radius 3 is 2.60 bits per heavy atom. The van der Waals surface area contributed by atoms with Gasteiger partial charge in [-0.3, -0.25) is 19.3 Å². The van der Waals surface area contributed by atoms with E-state index in [-0.39, 0.29) is 30.2 Å². The molecule has 20 heavy (non-hydrogen) atoms. The van der Waals surface area contributed by atoms with Gasteiger partial charge in [-0.1, -0.05) is 13.3 Å². The SMILES string of the molecule is CCCCOC(=O)CC(N)CCN1C(=O)CCCC1=O. The molecule has 1 heterocycles. The molecule has 2 N–H and O–H groups in total. The van der Waals surface area contributed by atoms with Gasteiger partial charge in [-0.25, -0.2) is 0 Å². The predicted molar refractivity (Wildman–Crippen MR) is 73.6 cm³/mol. The van der Waals surface area contributed by atoms with E-state index in [4.69, 9.17) is 10.5 Å². The Balaban J connectivity index is 2.24. The van der Waals surface area contributed by atoms with Crippen LogP contribution in [0.3, 0.4) is 0 Å². The van der Waals surface area contributed by atoms with E-state index in [9.17, 15) is 14.4 Å². The molecule has 2 amide bonds. The van der Waals surface area contributed by atoms with Gasteiger partial charge in [-0.15, -0.1) is 0 Å². The molecule has 0 aliphatic carbocycles. The molecule has 1 rings (SSSR count). The Labute approximate surface area is 119 Å². The molecule has 6 nitrogen and oxygen atoms in total. The summed E-state index contributed by atoms with van der Waals surface area (Å²) in [6, 6.07) is -0.383. The number of unbranched alkanes of at least 4 members (excludes halogenated alkanes) is 1. The number of carbonyl (C=O) groups is 3. The number of amides is 2. The topological polar surface area (TPSA) is 89.7 Å². The third-order valence-electron chi connectivity index (χ3n) is 3.30. The van der Waals surface area contributed by atoms with E-state index >= 15 is 0 Å². The van der Waals surface area contributed by atoms with Crippen molar-refractivity contribution in [3.63, 3.8) is 0 Å². The smallest absolute Gasteiger partial charge is 0.307 e. The lowest BCUT2D eigenvalue weighted by atomic mass is 10.1. The lowest BCUT2D eigenvalue weighted by Gasteiger charge is -2.25. The second-order valence-electron chi connectivity index (χ2n) is 5.12. The van der Waals surface area contributed by atoms with Gasteiger partial charge in [-0.05, 0) is 19.3 Å². The summed E-state index contributed by atoms with van der Waals surface area (Å²) in [5, 5.41) is 0. The molecule has 0 aromatic heterocycles. The van der Waals surface area contributed by atoms with E-state index in [1.807, 2.05) is 6.92 Å². The average molecular weight is 284 g/mol. The molecule has 0 bridgehead atoms. The molecule has 0 radical (unpaired) electrons. The Bertz CT molecular complexity index is 341. The molecule has 1 saturated heterocycles. The number of rotatable bonds is 8. The Morgan fingerprint density at radius 2 is 2.00 bits per heavy atom. The first kappa shape index (κ1) is 16.6. The number of imide groups is 1. The molecular formula is C14H24N2O4. The van der Waals surface area contributed by atoms with Gasteiger partial charge in [0.05, 0.1) is 13.0 Å². The number of hydrogen-bond acceptors (Lipinski definition) is 5. The summed E-state index contributed by atoms with van der Waals surface area (Å²) >= 11 is 0. The largest absolute Gasteiger partial charge is 0.466 e. The maximum Gasteiger partial charge on any atom is 0.307 e. The highest BCUT2D eigenvalue weighted by Gasteiger charge is 2.26. The van der Waals surface area contributed by atoms with Crippen LogP contribution in [0.4, 0.5) is 0 Å². The zero-order chi connectivity index (χ0) is 15.0. The van der Waals surface area contributed by atoms with Crippen LogP contribution in [0.5, 0.6) is 0 Å². The first-order chi connectivity index (χ1) is 9.54. The van der Waals surface area contributed by atoms with Crippen LogP contribution >= 0.6 is 0 Å². The summed E-state index contributed by atoms with van der Waals surface area (Å²) in [5.41, 5.74) is 5.84. The van der Waals surface area contributed by atoms with Gasteiger partial charge in [0, 0.05) is 25.4 Å². The monoisotopic (exact) mass is 284 g/mol. The fourth-order valence-corrected chi connectivity index (χ4v) is 2.05. The lowest BCUT2D eigenvalue weighted by molar-refractivity contribution is -0.148. The van der Waals surface area contributed by atoms with E-state index in [1.165, 1.54) is 4.90 Å². The van der Waals surface area contributed by atoms with Crippen LogP contribution < -0.4 is 5.73 Å². The van der Waals surface area contributed by atoms with Crippen LogP contribution in [0.2, 0.25) is 0 Å². The molecule has 114 valence electrons. The second kappa shape index (κ2) is 8.68. The van der Waals surface area contributed by atoms with Crippen molar-refractivity contribution in [2.75, 3.05) is 13.2 Å². The molecule has 0 aromatic rings. The van der Waals surface area contributed by atoms with Crippen LogP contribution in [0.25, 0.3) is 0 Å². The highest BCUT2D eigenvalue weighted by atomic mass is 16.5. The zero-order valence-electron chi connectivity index (χ0n) is 12.1. The summed E-state index contributed by atoms with van der Waals surface area (Å²) in [6.07, 6.45) is 3.83. The molecule has 1 aliphatic heterocycles. The van der Waals surface area contributed by atoms with Crippen molar-refractivity contribution < 1.29 is 19.1 Å². The number of hydrogen-bond donors (Lipinski definition) is 1. The maximum atomic E-state index is 11.6. The predicted octanol–water partition coefficient (Wildman–Crippen LogP) is 0.976. The van der Waals surface area contributed by atoms with E-state index < -0.39 is 0 Å². The Hall–Kier alpha value is -1.43. The normalized spacial score (nSPS) is 17.2. The summed E-state index contributed by atoms with van der Waals surface area (Å²) in [5.74, 6) is -0.597. The number of likely N-dealkylation sites (tertiary alicyclic amines) is 1. The highest BCUT2D eigenvalue weighted by Crippen LogP contribution is 2.13. The van der Waals surface area contributed by atoms with Crippen molar-refractivity contribution >= 4 is 17.8 Å². The van der Waals surface area contributed by atoms with Crippen molar-refractivity contribution in [2.45, 2.75) is 57.9 Å². The van der Waals surface area contributed by atoms with Crippen molar-refractivity contribution in [1.82, 2.24) is 4.90 Å². The minimum Gasteiger partial charge on any atom is -0.466 e. The van der Waals surface area contributed by atoms with Crippen LogP contribution in [0.15, 0.2) is 0 Å². The van der Waals surface area contributed by atoms with Gasteiger partial charge in [0.1, 0.15) is 0 Å². The molecule has 0 saturated carbocycles. The summed E-state index contributed by atoms with van der Waals surface area (Å²) in [6.45, 7) is 2.73. The third-order valence-corrected chi connectivity index (χ3v) is 3.30. The Kier molecular flexibility index (Phi) is 7.22. The first-order valence-electron chi connectivity index (χ1n) is 7.29. The van der Waals surface area contributed by atoms with Crippen LogP contribution in [-0.4, -0.2) is 41.9 Å². The van der Waals surface area contributed by atoms with Crippen molar-refractivity contribution in [2.24, 2.45) is 5.73 Å². The van der Waals surface area contributed by atoms with Gasteiger partial charge in [-0.2, -0.15) is 0 Å². The second-order valence-corrected chi connectivity index (χ2v) is 5.12. The summed E-state index contributed by atoms with van der Waals surface area (Å²) in [4.78, 5) is 35.9. The third kappa shape index (κ3) is 5.69. The number of ether oxygens (including phenoxy) is 1. The highest BCUT2D eigenvalue weighted by molar-refractivity contribution is 5.97. The molecule has 1 aliphatic rings. The van der Waals surface area contributed by atoms with Crippen LogP contribution in [-0.2, 0) is 19.1 Å². The molecule has 1 unspecified atom stereocenters. The molecule has 1 atom stereocenters. The number of carbonyl (C=O) groups excluding carboxylic acids is 3. The van der Waals surface area contributed by atoms with E-state index in [2.05, 4.69) is 0 Å². The molecule has 1 fully saturated rings. The number of nitrogens with zero attached hydrogens (tertiary/aromatic N) is 1. The van der Waals surface area contributed by atoms with E-state index in [1.54, 1.807) is 0 Å². The average Bonchev–Trinajstić information content (AvgIpc) is 2.38. The summed E-state index contributed by atoms with van der Waals surface area (Å²) in [7, 11) is 0. The number of esters is 1. The molecule has 0 aromatic carbocycles. The fraction of sp³-hybridized carbons (Fsp3) is 0.786. The lowest BCUT2D eigenvalue weighted by Crippen LogP contribution is -2.42. The quantitative estimate of drug-likeness (QED) is 0.407. The van der Waals surface area contributed by atoms with Crippen LogP contribution in [0.1, 0.15) is 51.9 Å². The minimum absolute atomic E-state index is 0.125. The molecule has 6 heteroatoms. The Morgan fingerprint density at radius 1 is 1.35 bits per heavy atom. The van der Waals surface area contributed by atoms with Crippen molar-refractivity contribution in [3.05, 3.63) is 0 Å². The fourth-order valence-electron chi connectivity index (χ4n) is 2.05. The van der Waals surface area contributed by atoms with Gasteiger partial charge < -0.3 is 10.5 Å². The van der Waals surface area contributed by atoms with Gasteiger partial charge in [0.25, 0.3) is 0 Å². The van der Waals surface area contributed by atoms with Gasteiger partial charge in [0.2, 0.25) is 11.8 Å². The van der Waals surface area contributed by atoms with Gasteiger partial charge >= 0.3 is 5.97 Å². The maximum absolute atomic E-state index is 11.6. The zero-order valence-corrected chi connectivity index (χ0v) is 12.1. The van der Waals surface area contributed by atoms with Crippen molar-refractivity contribution in [3.8, 4) is 0 Å². The standard InChI is InChI=1S/C14H24N2O4/c1-2-3-9-20-14(19)10-11(15)7-8-16-12(17)5-4-6-13(16)18/h11H,2-10,15H2,1H3. The number of nitrogens with two attached hydrogens (primary N) is 1. The number of piperidine rings is 1. The minimum atomic E-state index is -0.383. The van der Waals surface area contributed by atoms with E-state index in [0.29, 0.717) is 38.8 Å². The van der Waals surface area contributed by atoms with Crippen LogP contribution in [0, 0.1) is 0 Å². The summed E-state index contributed by atoms with van der Waals surface area (Å²) < 4.78 is 5.02. The van der Waals surface area contributed by atoms with Gasteiger partial charge in [0.15, 0.2) is 0 Å². The molecule has 0 spiro atoms. The first-order valence-corrected chi connectivity index (χ1v) is 7.29. The molecular weight excluding hydrogens is 260 g/mol. The van der Waals surface area contributed by atoms with Crippen molar-refractivity contribution in [1.29, 1.82) is 0 Å².